The molecule has 0 unspecified atom stereocenters. The number of thiazole rings is 1. The van der Waals surface area contributed by atoms with Crippen molar-refractivity contribution in [3.8, 4) is 0 Å². The molecular weight excluding hydrogens is 284 g/mol. The lowest BCUT2D eigenvalue weighted by Crippen LogP contribution is -2.23. The average Bonchev–Trinajstić information content (AvgIpc) is 2.84. The summed E-state index contributed by atoms with van der Waals surface area (Å²) in [5.74, 6) is -0.100. The van der Waals surface area contributed by atoms with Crippen LogP contribution in [0, 0.1) is 6.92 Å². The van der Waals surface area contributed by atoms with Crippen LogP contribution in [-0.4, -0.2) is 24.5 Å². The highest BCUT2D eigenvalue weighted by Gasteiger charge is 2.12. The van der Waals surface area contributed by atoms with E-state index in [4.69, 9.17) is 5.73 Å². The summed E-state index contributed by atoms with van der Waals surface area (Å²) in [5, 5.41) is 2.77. The van der Waals surface area contributed by atoms with Gasteiger partial charge in [0.05, 0.1) is 29.1 Å². The molecule has 0 atom stereocenters. The normalized spacial score (nSPS) is 10.4. The summed E-state index contributed by atoms with van der Waals surface area (Å²) < 4.78 is 0. The largest absolute Gasteiger partial charge is 0.397 e. The van der Waals surface area contributed by atoms with Crippen molar-refractivity contribution in [3.05, 3.63) is 39.8 Å². The molecule has 0 radical (unpaired) electrons. The number of aryl methyl sites for hydroxylation is 1. The standard InChI is InChI=1S/C15H20N4OS/c1-4-17-15(20)11-5-6-13(12(16)7-11)19(3)8-14-10(2)18-9-21-14/h5-7,9H,4,8,16H2,1-3H3,(H,17,20). The zero-order valence-corrected chi connectivity index (χ0v) is 13.3. The molecule has 2 aromatic rings. The maximum absolute atomic E-state index is 11.8. The molecule has 1 amide bonds. The van der Waals surface area contributed by atoms with Crippen LogP contribution >= 0.6 is 11.3 Å². The molecule has 1 aromatic carbocycles. The Morgan fingerprint density at radius 1 is 1.48 bits per heavy atom. The molecule has 5 nitrogen and oxygen atoms in total. The van der Waals surface area contributed by atoms with Gasteiger partial charge in [0, 0.05) is 24.0 Å². The fraction of sp³-hybridized carbons (Fsp3) is 0.333. The van der Waals surface area contributed by atoms with Crippen LogP contribution in [0.15, 0.2) is 23.7 Å². The number of aromatic nitrogens is 1. The van der Waals surface area contributed by atoms with Crippen LogP contribution < -0.4 is 16.0 Å². The van der Waals surface area contributed by atoms with Gasteiger partial charge >= 0.3 is 0 Å². The van der Waals surface area contributed by atoms with Gasteiger partial charge < -0.3 is 16.0 Å². The van der Waals surface area contributed by atoms with Crippen LogP contribution in [0.25, 0.3) is 0 Å². The predicted octanol–water partition coefficient (Wildman–Crippen LogP) is 2.42. The highest BCUT2D eigenvalue weighted by molar-refractivity contribution is 7.09. The number of rotatable bonds is 5. The molecule has 3 N–H and O–H groups in total. The van der Waals surface area contributed by atoms with Crippen LogP contribution in [0.3, 0.4) is 0 Å². The van der Waals surface area contributed by atoms with Crippen molar-refractivity contribution in [3.63, 3.8) is 0 Å². The first kappa shape index (κ1) is 15.3. The molecule has 0 saturated heterocycles. The van der Waals surface area contributed by atoms with Crippen molar-refractivity contribution in [2.45, 2.75) is 20.4 Å². The first-order valence-electron chi connectivity index (χ1n) is 6.80. The molecule has 0 aliphatic heterocycles. The van der Waals surface area contributed by atoms with E-state index in [0.29, 0.717) is 17.8 Å². The van der Waals surface area contributed by atoms with E-state index < -0.39 is 0 Å². The average molecular weight is 304 g/mol. The van der Waals surface area contributed by atoms with Crippen LogP contribution in [-0.2, 0) is 6.54 Å². The quantitative estimate of drug-likeness (QED) is 0.832. The third kappa shape index (κ3) is 3.52. The van der Waals surface area contributed by atoms with Gasteiger partial charge in [0.2, 0.25) is 0 Å². The molecule has 112 valence electrons. The third-order valence-electron chi connectivity index (χ3n) is 3.26. The summed E-state index contributed by atoms with van der Waals surface area (Å²) in [6, 6.07) is 5.40. The zero-order chi connectivity index (χ0) is 15.4. The van der Waals surface area contributed by atoms with E-state index in [1.165, 1.54) is 4.88 Å². The van der Waals surface area contributed by atoms with Crippen LogP contribution in [0.4, 0.5) is 11.4 Å². The van der Waals surface area contributed by atoms with Gasteiger partial charge in [0.15, 0.2) is 0 Å². The molecule has 6 heteroatoms. The molecular formula is C15H20N4OS. The first-order chi connectivity index (χ1) is 10.0. The van der Waals surface area contributed by atoms with E-state index in [1.54, 1.807) is 23.5 Å². The summed E-state index contributed by atoms with van der Waals surface area (Å²) in [7, 11) is 1.98. The van der Waals surface area contributed by atoms with E-state index in [9.17, 15) is 4.79 Å². The fourth-order valence-electron chi connectivity index (χ4n) is 2.08. The summed E-state index contributed by atoms with van der Waals surface area (Å²) in [4.78, 5) is 19.3. The molecule has 0 bridgehead atoms. The Bertz CT molecular complexity index is 638. The molecule has 2 rings (SSSR count). The predicted molar refractivity (Wildman–Crippen MR) is 87.8 cm³/mol. The maximum atomic E-state index is 11.8. The number of hydrogen-bond acceptors (Lipinski definition) is 5. The number of nitrogens with zero attached hydrogens (tertiary/aromatic N) is 2. The minimum atomic E-state index is -0.100. The smallest absolute Gasteiger partial charge is 0.251 e. The molecule has 0 aliphatic rings. The Balaban J connectivity index is 2.17. The van der Waals surface area contributed by atoms with Crippen molar-refractivity contribution in [1.29, 1.82) is 0 Å². The molecule has 0 aliphatic carbocycles. The van der Waals surface area contributed by atoms with E-state index in [2.05, 4.69) is 15.2 Å². The summed E-state index contributed by atoms with van der Waals surface area (Å²) in [6.07, 6.45) is 0. The Hall–Kier alpha value is -2.08. The van der Waals surface area contributed by atoms with Gasteiger partial charge in [-0.25, -0.2) is 4.98 Å². The number of anilines is 2. The van der Waals surface area contributed by atoms with Crippen LogP contribution in [0.5, 0.6) is 0 Å². The van der Waals surface area contributed by atoms with Crippen LogP contribution in [0.2, 0.25) is 0 Å². The Kier molecular flexibility index (Phi) is 4.80. The first-order valence-corrected chi connectivity index (χ1v) is 7.68. The SMILES string of the molecule is CCNC(=O)c1ccc(N(C)Cc2scnc2C)c(N)c1. The number of benzene rings is 1. The second-order valence-corrected chi connectivity index (χ2v) is 5.79. The minimum Gasteiger partial charge on any atom is -0.397 e. The van der Waals surface area contributed by atoms with Gasteiger partial charge in [-0.1, -0.05) is 0 Å². The number of carbonyl (C=O) groups excluding carboxylic acids is 1. The topological polar surface area (TPSA) is 71.2 Å². The number of nitrogen functional groups attached to an aromatic ring is 1. The number of nitrogens with two attached hydrogens (primary N) is 1. The van der Waals surface area contributed by atoms with Crippen molar-refractivity contribution in [2.75, 3.05) is 24.2 Å². The summed E-state index contributed by atoms with van der Waals surface area (Å²) >= 11 is 1.64. The number of amides is 1. The number of carbonyl (C=O) groups is 1. The number of nitrogens with one attached hydrogen (secondary N) is 1. The maximum Gasteiger partial charge on any atom is 0.251 e. The van der Waals surface area contributed by atoms with Crippen molar-refractivity contribution in [1.82, 2.24) is 10.3 Å². The third-order valence-corrected chi connectivity index (χ3v) is 4.18. The zero-order valence-electron chi connectivity index (χ0n) is 12.5. The van der Waals surface area contributed by atoms with Crippen LogP contribution in [0.1, 0.15) is 27.9 Å². The van der Waals surface area contributed by atoms with Gasteiger partial charge in [-0.15, -0.1) is 11.3 Å². The second-order valence-electron chi connectivity index (χ2n) is 4.85. The van der Waals surface area contributed by atoms with Crippen molar-refractivity contribution in [2.24, 2.45) is 0 Å². The minimum absolute atomic E-state index is 0.100. The summed E-state index contributed by atoms with van der Waals surface area (Å²) in [5.41, 5.74) is 11.1. The Labute approximate surface area is 128 Å². The van der Waals surface area contributed by atoms with Crippen molar-refractivity contribution < 1.29 is 4.79 Å². The lowest BCUT2D eigenvalue weighted by Gasteiger charge is -2.21. The van der Waals surface area contributed by atoms with Gasteiger partial charge in [-0.2, -0.15) is 0 Å². The fourth-order valence-corrected chi connectivity index (χ4v) is 2.91. The van der Waals surface area contributed by atoms with E-state index in [-0.39, 0.29) is 5.91 Å². The highest BCUT2D eigenvalue weighted by Crippen LogP contribution is 2.26. The second kappa shape index (κ2) is 6.58. The lowest BCUT2D eigenvalue weighted by molar-refractivity contribution is 0.0956. The van der Waals surface area contributed by atoms with Crippen molar-refractivity contribution >= 4 is 28.6 Å². The summed E-state index contributed by atoms with van der Waals surface area (Å²) in [6.45, 7) is 5.24. The lowest BCUT2D eigenvalue weighted by atomic mass is 10.1. The van der Waals surface area contributed by atoms with Gasteiger partial charge in [-0.3, -0.25) is 4.79 Å². The van der Waals surface area contributed by atoms with E-state index in [0.717, 1.165) is 17.9 Å². The van der Waals surface area contributed by atoms with Gasteiger partial charge in [0.1, 0.15) is 0 Å². The molecule has 1 aromatic heterocycles. The molecule has 21 heavy (non-hydrogen) atoms. The van der Waals surface area contributed by atoms with Gasteiger partial charge in [-0.05, 0) is 32.0 Å². The monoisotopic (exact) mass is 304 g/mol. The Morgan fingerprint density at radius 3 is 2.81 bits per heavy atom. The Morgan fingerprint density at radius 2 is 2.24 bits per heavy atom. The van der Waals surface area contributed by atoms with Gasteiger partial charge in [0.25, 0.3) is 5.91 Å². The van der Waals surface area contributed by atoms with E-state index >= 15 is 0 Å². The highest BCUT2D eigenvalue weighted by atomic mass is 32.1. The van der Waals surface area contributed by atoms with E-state index in [1.807, 2.05) is 32.5 Å². The molecule has 0 fully saturated rings. The molecule has 0 saturated carbocycles. The molecule has 0 spiro atoms. The number of hydrogen-bond donors (Lipinski definition) is 2. The molecule has 1 heterocycles.